The zero-order valence-electron chi connectivity index (χ0n) is 14.6. The third-order valence-corrected chi connectivity index (χ3v) is 4.67. The Hall–Kier alpha value is -2.68. The fourth-order valence-electron chi connectivity index (χ4n) is 3.31. The minimum absolute atomic E-state index is 0.105. The van der Waals surface area contributed by atoms with Gasteiger partial charge in [0.15, 0.2) is 0 Å². The van der Waals surface area contributed by atoms with Crippen molar-refractivity contribution in [2.75, 3.05) is 0 Å². The summed E-state index contributed by atoms with van der Waals surface area (Å²) in [4.78, 5) is 11.2. The lowest BCUT2D eigenvalue weighted by Crippen LogP contribution is -1.97. The van der Waals surface area contributed by atoms with Crippen LogP contribution in [0, 0.1) is 5.82 Å². The molecule has 1 aliphatic carbocycles. The van der Waals surface area contributed by atoms with Gasteiger partial charge in [0.2, 0.25) is 0 Å². The molecule has 2 nitrogen and oxygen atoms in total. The molecule has 0 amide bonds. The molecule has 128 valence electrons. The summed E-state index contributed by atoms with van der Waals surface area (Å²) in [6.07, 6.45) is 1.96. The highest BCUT2D eigenvalue weighted by Crippen LogP contribution is 2.43. The molecular formula is C22H21FO2. The molecule has 0 heterocycles. The van der Waals surface area contributed by atoms with E-state index >= 15 is 0 Å². The zero-order chi connectivity index (χ0) is 18.1. The number of carbonyl (C=O) groups is 1. The van der Waals surface area contributed by atoms with Gasteiger partial charge in [-0.1, -0.05) is 44.2 Å². The molecule has 1 N–H and O–H groups in total. The third-order valence-electron chi connectivity index (χ3n) is 4.67. The molecule has 2 aromatic rings. The molecule has 0 atom stereocenters. The molecule has 0 radical (unpaired) electrons. The smallest absolute Gasteiger partial charge is 0.307 e. The summed E-state index contributed by atoms with van der Waals surface area (Å²) in [5.41, 5.74) is 6.45. The summed E-state index contributed by atoms with van der Waals surface area (Å²) in [7, 11) is 0. The number of rotatable bonds is 4. The second kappa shape index (κ2) is 6.67. The van der Waals surface area contributed by atoms with Gasteiger partial charge in [-0.05, 0) is 70.0 Å². The summed E-state index contributed by atoms with van der Waals surface area (Å²) in [5, 5.41) is 9.21. The molecule has 0 fully saturated rings. The van der Waals surface area contributed by atoms with Gasteiger partial charge in [0, 0.05) is 0 Å². The first-order valence-corrected chi connectivity index (χ1v) is 8.40. The Labute approximate surface area is 147 Å². The van der Waals surface area contributed by atoms with Crippen molar-refractivity contribution in [3.8, 4) is 0 Å². The third kappa shape index (κ3) is 3.41. The van der Waals surface area contributed by atoms with Crippen LogP contribution in [0.1, 0.15) is 55.4 Å². The van der Waals surface area contributed by atoms with Crippen LogP contribution in [-0.4, -0.2) is 11.1 Å². The number of carboxylic acids is 1. The van der Waals surface area contributed by atoms with Crippen molar-refractivity contribution in [2.24, 2.45) is 0 Å². The summed E-state index contributed by atoms with van der Waals surface area (Å²) in [6.45, 7) is 6.21. The highest BCUT2D eigenvalue weighted by Gasteiger charge is 2.25. The molecule has 0 spiro atoms. The van der Waals surface area contributed by atoms with Crippen LogP contribution in [0.25, 0.3) is 17.2 Å². The summed E-state index contributed by atoms with van der Waals surface area (Å²) >= 11 is 0. The van der Waals surface area contributed by atoms with Crippen molar-refractivity contribution in [1.82, 2.24) is 0 Å². The van der Waals surface area contributed by atoms with Crippen molar-refractivity contribution >= 4 is 23.2 Å². The quantitative estimate of drug-likeness (QED) is 0.771. The van der Waals surface area contributed by atoms with E-state index < -0.39 is 5.97 Å². The second-order valence-electron chi connectivity index (χ2n) is 6.75. The number of fused-ring (bicyclic) bond motifs is 1. The van der Waals surface area contributed by atoms with Crippen LogP contribution in [0.3, 0.4) is 0 Å². The van der Waals surface area contributed by atoms with E-state index in [0.29, 0.717) is 17.1 Å². The lowest BCUT2D eigenvalue weighted by Gasteiger charge is -2.08. The van der Waals surface area contributed by atoms with Crippen LogP contribution in [0.15, 0.2) is 48.0 Å². The summed E-state index contributed by atoms with van der Waals surface area (Å²) in [5.74, 6) is -0.826. The van der Waals surface area contributed by atoms with Crippen molar-refractivity contribution in [1.29, 1.82) is 0 Å². The zero-order valence-corrected chi connectivity index (χ0v) is 14.6. The Bertz CT molecular complexity index is 904. The Balaban J connectivity index is 2.14. The average Bonchev–Trinajstić information content (AvgIpc) is 2.80. The fourth-order valence-corrected chi connectivity index (χ4v) is 3.31. The molecule has 2 aromatic carbocycles. The topological polar surface area (TPSA) is 37.3 Å². The molecule has 0 unspecified atom stereocenters. The average molecular weight is 336 g/mol. The predicted octanol–water partition coefficient (Wildman–Crippen LogP) is 5.75. The lowest BCUT2D eigenvalue weighted by molar-refractivity contribution is -0.135. The number of carboxylic acid groups (broad SMARTS) is 1. The van der Waals surface area contributed by atoms with Crippen LogP contribution in [0.5, 0.6) is 0 Å². The second-order valence-corrected chi connectivity index (χ2v) is 6.75. The van der Waals surface area contributed by atoms with Gasteiger partial charge >= 0.3 is 5.97 Å². The summed E-state index contributed by atoms with van der Waals surface area (Å²) < 4.78 is 13.7. The normalized spacial score (nSPS) is 15.2. The van der Waals surface area contributed by atoms with Gasteiger partial charge in [0.1, 0.15) is 5.82 Å². The van der Waals surface area contributed by atoms with E-state index in [4.69, 9.17) is 0 Å². The van der Waals surface area contributed by atoms with Gasteiger partial charge in [-0.2, -0.15) is 0 Å². The molecule has 0 saturated heterocycles. The first kappa shape index (κ1) is 17.2. The summed E-state index contributed by atoms with van der Waals surface area (Å²) in [6, 6.07) is 12.9. The van der Waals surface area contributed by atoms with E-state index in [1.807, 2.05) is 19.1 Å². The van der Waals surface area contributed by atoms with Gasteiger partial charge in [-0.15, -0.1) is 0 Å². The molecule has 0 aromatic heterocycles. The first-order valence-electron chi connectivity index (χ1n) is 8.40. The Morgan fingerprint density at radius 2 is 1.92 bits per heavy atom. The molecular weight excluding hydrogens is 315 g/mol. The van der Waals surface area contributed by atoms with E-state index in [9.17, 15) is 14.3 Å². The van der Waals surface area contributed by atoms with Crippen molar-refractivity contribution in [2.45, 2.75) is 33.1 Å². The number of hydrogen-bond acceptors (Lipinski definition) is 1. The standard InChI is InChI=1S/C22H21FO2/c1-13(2)16-6-4-5-15(9-16)10-19-14(3)20(12-22(24)25)21-11-17(23)7-8-18(19)21/h4-11,13H,12H2,1-3H3,(H,24,25)/b19-10-. The van der Waals surface area contributed by atoms with Gasteiger partial charge in [-0.25, -0.2) is 4.39 Å². The molecule has 0 saturated carbocycles. The number of hydrogen-bond donors (Lipinski definition) is 1. The van der Waals surface area contributed by atoms with Crippen LogP contribution in [0.4, 0.5) is 4.39 Å². The maximum atomic E-state index is 13.7. The Morgan fingerprint density at radius 3 is 2.60 bits per heavy atom. The van der Waals surface area contributed by atoms with Crippen LogP contribution >= 0.6 is 0 Å². The molecule has 3 rings (SSSR count). The van der Waals surface area contributed by atoms with Crippen LogP contribution < -0.4 is 0 Å². The first-order chi connectivity index (χ1) is 11.9. The molecule has 0 bridgehead atoms. The molecule has 25 heavy (non-hydrogen) atoms. The SMILES string of the molecule is CC1=C(CC(=O)O)c2cc(F)ccc2/C1=C\c1cccc(C(C)C)c1. The lowest BCUT2D eigenvalue weighted by atomic mass is 9.97. The fraction of sp³-hybridized carbons (Fsp3) is 0.227. The van der Waals surface area contributed by atoms with Crippen molar-refractivity contribution < 1.29 is 14.3 Å². The largest absolute Gasteiger partial charge is 0.481 e. The van der Waals surface area contributed by atoms with Gasteiger partial charge in [-0.3, -0.25) is 4.79 Å². The number of aliphatic carboxylic acids is 1. The molecule has 1 aliphatic rings. The number of allylic oxidation sites excluding steroid dienone is 2. The van der Waals surface area contributed by atoms with E-state index in [1.54, 1.807) is 6.07 Å². The van der Waals surface area contributed by atoms with Crippen molar-refractivity contribution in [3.63, 3.8) is 0 Å². The minimum atomic E-state index is -0.910. The predicted molar refractivity (Wildman–Crippen MR) is 99.6 cm³/mol. The number of benzene rings is 2. The molecule has 3 heteroatoms. The van der Waals surface area contributed by atoms with Gasteiger partial charge in [0.25, 0.3) is 0 Å². The molecule has 0 aliphatic heterocycles. The Kier molecular flexibility index (Phi) is 4.58. The maximum absolute atomic E-state index is 13.7. The van der Waals surface area contributed by atoms with Gasteiger partial charge < -0.3 is 5.11 Å². The monoisotopic (exact) mass is 336 g/mol. The van der Waals surface area contributed by atoms with Crippen LogP contribution in [-0.2, 0) is 4.79 Å². The van der Waals surface area contributed by atoms with E-state index in [-0.39, 0.29) is 12.2 Å². The van der Waals surface area contributed by atoms with E-state index in [0.717, 1.165) is 22.3 Å². The van der Waals surface area contributed by atoms with E-state index in [1.165, 1.54) is 17.7 Å². The highest BCUT2D eigenvalue weighted by molar-refractivity contribution is 6.07. The minimum Gasteiger partial charge on any atom is -0.481 e. The van der Waals surface area contributed by atoms with Crippen LogP contribution in [0.2, 0.25) is 0 Å². The van der Waals surface area contributed by atoms with Gasteiger partial charge in [0.05, 0.1) is 6.42 Å². The number of halogens is 1. The van der Waals surface area contributed by atoms with E-state index in [2.05, 4.69) is 32.1 Å². The highest BCUT2D eigenvalue weighted by atomic mass is 19.1. The van der Waals surface area contributed by atoms with Crippen molar-refractivity contribution in [3.05, 3.63) is 76.1 Å². The Morgan fingerprint density at radius 1 is 1.16 bits per heavy atom. The maximum Gasteiger partial charge on any atom is 0.307 e.